The van der Waals surface area contributed by atoms with E-state index in [9.17, 15) is 0 Å². The third-order valence-electron chi connectivity index (χ3n) is 1.80. The summed E-state index contributed by atoms with van der Waals surface area (Å²) in [5, 5.41) is 0. The summed E-state index contributed by atoms with van der Waals surface area (Å²) < 4.78 is 3.44. The number of nitrogens with one attached hydrogen (secondary N) is 1. The van der Waals surface area contributed by atoms with E-state index in [1.54, 1.807) is 0 Å². The molecule has 1 rings (SSSR count). The monoisotopic (exact) mass is 145 g/mol. The van der Waals surface area contributed by atoms with Gasteiger partial charge in [-0.25, -0.2) is 0 Å². The molecule has 0 saturated carbocycles. The quantitative estimate of drug-likeness (QED) is 0.567. The van der Waals surface area contributed by atoms with E-state index in [1.165, 1.54) is 18.6 Å². The fourth-order valence-electron chi connectivity index (χ4n) is 1.07. The molecule has 54 valence electrons. The minimum absolute atomic E-state index is 0.767. The molecule has 0 amide bonds. The van der Waals surface area contributed by atoms with Gasteiger partial charge in [0.1, 0.15) is 0 Å². The summed E-state index contributed by atoms with van der Waals surface area (Å²) in [5.41, 5.74) is 0. The molecule has 1 atom stereocenters. The van der Waals surface area contributed by atoms with Crippen molar-refractivity contribution in [1.82, 2.24) is 4.72 Å². The molecule has 2 heteroatoms. The van der Waals surface area contributed by atoms with E-state index in [0.717, 1.165) is 12.0 Å². The van der Waals surface area contributed by atoms with Gasteiger partial charge in [-0.3, -0.25) is 4.72 Å². The van der Waals surface area contributed by atoms with Gasteiger partial charge in [-0.05, 0) is 18.8 Å². The summed E-state index contributed by atoms with van der Waals surface area (Å²) in [6, 6.07) is 0.767. The second-order valence-corrected chi connectivity index (χ2v) is 3.89. The van der Waals surface area contributed by atoms with E-state index in [2.05, 4.69) is 18.6 Å². The van der Waals surface area contributed by atoms with Crippen molar-refractivity contribution >= 4 is 11.9 Å². The number of hydrogen-bond donors (Lipinski definition) is 1. The Bertz CT molecular complexity index is 77.0. The maximum Gasteiger partial charge on any atom is 0.0195 e. The highest BCUT2D eigenvalue weighted by Gasteiger charge is 2.15. The lowest BCUT2D eigenvalue weighted by Gasteiger charge is -2.25. The van der Waals surface area contributed by atoms with Crippen molar-refractivity contribution in [2.75, 3.05) is 5.75 Å². The summed E-state index contributed by atoms with van der Waals surface area (Å²) in [5.74, 6) is 2.10. The first-order chi connectivity index (χ1) is 4.30. The second kappa shape index (κ2) is 3.47. The van der Waals surface area contributed by atoms with Gasteiger partial charge in [-0.1, -0.05) is 25.8 Å². The van der Waals surface area contributed by atoms with Gasteiger partial charge in [-0.15, -0.1) is 0 Å². The topological polar surface area (TPSA) is 12.0 Å². The van der Waals surface area contributed by atoms with Gasteiger partial charge in [0.15, 0.2) is 0 Å². The molecule has 1 N–H and O–H groups in total. The van der Waals surface area contributed by atoms with E-state index < -0.39 is 0 Å². The van der Waals surface area contributed by atoms with Gasteiger partial charge in [0.05, 0.1) is 0 Å². The average molecular weight is 145 g/mol. The van der Waals surface area contributed by atoms with Gasteiger partial charge in [-0.2, -0.15) is 0 Å². The van der Waals surface area contributed by atoms with Crippen LogP contribution in [-0.4, -0.2) is 11.8 Å². The number of hydrogen-bond acceptors (Lipinski definition) is 2. The summed E-state index contributed by atoms with van der Waals surface area (Å²) >= 11 is 1.88. The van der Waals surface area contributed by atoms with Crippen LogP contribution in [0, 0.1) is 5.92 Å². The van der Waals surface area contributed by atoms with E-state index in [0.29, 0.717) is 0 Å². The van der Waals surface area contributed by atoms with Crippen LogP contribution in [0.15, 0.2) is 0 Å². The van der Waals surface area contributed by atoms with Crippen LogP contribution < -0.4 is 4.72 Å². The maximum atomic E-state index is 3.44. The summed E-state index contributed by atoms with van der Waals surface area (Å²) in [4.78, 5) is 0. The Kier molecular flexibility index (Phi) is 2.86. The molecule has 1 saturated heterocycles. The van der Waals surface area contributed by atoms with Crippen LogP contribution in [0.4, 0.5) is 0 Å². The first kappa shape index (κ1) is 7.42. The lowest BCUT2D eigenvalue weighted by molar-refractivity contribution is 0.427. The molecule has 1 aliphatic heterocycles. The molecule has 1 nitrogen and oxygen atoms in total. The molecule has 1 unspecified atom stereocenters. The van der Waals surface area contributed by atoms with Gasteiger partial charge < -0.3 is 0 Å². The summed E-state index contributed by atoms with van der Waals surface area (Å²) in [7, 11) is 0. The zero-order chi connectivity index (χ0) is 6.69. The van der Waals surface area contributed by atoms with Gasteiger partial charge in [0, 0.05) is 11.8 Å². The van der Waals surface area contributed by atoms with Crippen LogP contribution in [0.5, 0.6) is 0 Å². The minimum atomic E-state index is 0.767. The lowest BCUT2D eigenvalue weighted by atomic mass is 10.0. The Hall–Kier alpha value is 0.310. The van der Waals surface area contributed by atoms with E-state index in [-0.39, 0.29) is 0 Å². The minimum Gasteiger partial charge on any atom is -0.261 e. The van der Waals surface area contributed by atoms with E-state index in [1.807, 2.05) is 11.9 Å². The lowest BCUT2D eigenvalue weighted by Crippen LogP contribution is -2.32. The molecule has 0 aromatic heterocycles. The van der Waals surface area contributed by atoms with Crippen molar-refractivity contribution in [2.45, 2.75) is 32.7 Å². The Morgan fingerprint density at radius 1 is 1.56 bits per heavy atom. The van der Waals surface area contributed by atoms with Crippen molar-refractivity contribution in [2.24, 2.45) is 5.92 Å². The molecule has 0 bridgehead atoms. The van der Waals surface area contributed by atoms with E-state index >= 15 is 0 Å². The molecule has 0 aromatic rings. The van der Waals surface area contributed by atoms with E-state index in [4.69, 9.17) is 0 Å². The van der Waals surface area contributed by atoms with Crippen LogP contribution >= 0.6 is 11.9 Å². The summed E-state index contributed by atoms with van der Waals surface area (Å²) in [6.45, 7) is 4.56. The molecule has 0 radical (unpaired) electrons. The standard InChI is InChI=1S/C7H15NS/c1-6(2)7-4-3-5-9-8-7/h6-8H,3-5H2,1-2H3. The van der Waals surface area contributed by atoms with Gasteiger partial charge in [0.25, 0.3) is 0 Å². The fraction of sp³-hybridized carbons (Fsp3) is 1.00. The largest absolute Gasteiger partial charge is 0.261 e. The first-order valence-electron chi connectivity index (χ1n) is 3.68. The van der Waals surface area contributed by atoms with Crippen LogP contribution in [0.1, 0.15) is 26.7 Å². The Morgan fingerprint density at radius 3 is 2.67 bits per heavy atom. The highest BCUT2D eigenvalue weighted by atomic mass is 32.2. The average Bonchev–Trinajstić information content (AvgIpc) is 1.90. The Balaban J connectivity index is 2.23. The van der Waals surface area contributed by atoms with Crippen molar-refractivity contribution in [1.29, 1.82) is 0 Å². The van der Waals surface area contributed by atoms with Crippen LogP contribution in [0.25, 0.3) is 0 Å². The van der Waals surface area contributed by atoms with Crippen molar-refractivity contribution in [3.8, 4) is 0 Å². The predicted octanol–water partition coefficient (Wildman–Crippen LogP) is 2.04. The molecule has 1 heterocycles. The van der Waals surface area contributed by atoms with Crippen LogP contribution in [-0.2, 0) is 0 Å². The molecule has 1 aliphatic rings. The Labute approximate surface area is 61.7 Å². The smallest absolute Gasteiger partial charge is 0.0195 e. The van der Waals surface area contributed by atoms with Crippen molar-refractivity contribution < 1.29 is 0 Å². The molecule has 9 heavy (non-hydrogen) atoms. The van der Waals surface area contributed by atoms with Crippen molar-refractivity contribution in [3.63, 3.8) is 0 Å². The maximum absolute atomic E-state index is 3.44. The zero-order valence-corrected chi connectivity index (χ0v) is 7.00. The van der Waals surface area contributed by atoms with Gasteiger partial charge >= 0.3 is 0 Å². The van der Waals surface area contributed by atoms with Crippen LogP contribution in [0.3, 0.4) is 0 Å². The third kappa shape index (κ3) is 2.18. The highest BCUT2D eigenvalue weighted by Crippen LogP contribution is 2.18. The number of rotatable bonds is 1. The van der Waals surface area contributed by atoms with Crippen molar-refractivity contribution in [3.05, 3.63) is 0 Å². The molecule has 1 fully saturated rings. The molecule has 0 aromatic carbocycles. The molecule has 0 aliphatic carbocycles. The first-order valence-corrected chi connectivity index (χ1v) is 4.66. The van der Waals surface area contributed by atoms with Crippen LogP contribution in [0.2, 0.25) is 0 Å². The Morgan fingerprint density at radius 2 is 2.33 bits per heavy atom. The summed E-state index contributed by atoms with van der Waals surface area (Å²) in [6.07, 6.45) is 2.76. The second-order valence-electron chi connectivity index (χ2n) is 2.96. The molecular weight excluding hydrogens is 130 g/mol. The molecule has 0 spiro atoms. The fourth-order valence-corrected chi connectivity index (χ4v) is 2.10. The highest BCUT2D eigenvalue weighted by molar-refractivity contribution is 7.97. The predicted molar refractivity (Wildman–Crippen MR) is 43.5 cm³/mol. The SMILES string of the molecule is CC(C)C1CCCSN1. The molecular formula is C7H15NS. The normalized spacial score (nSPS) is 29.0. The van der Waals surface area contributed by atoms with Gasteiger partial charge in [0.2, 0.25) is 0 Å². The third-order valence-corrected chi connectivity index (χ3v) is 2.76. The zero-order valence-electron chi connectivity index (χ0n) is 6.18.